The second-order valence-corrected chi connectivity index (χ2v) is 7.14. The second kappa shape index (κ2) is 8.45. The third kappa shape index (κ3) is 4.72. The molecular formula is C21H18F6O5. The van der Waals surface area contributed by atoms with E-state index in [1.807, 2.05) is 0 Å². The Balaban J connectivity index is 2.36. The van der Waals surface area contributed by atoms with Crippen LogP contribution in [0.2, 0.25) is 0 Å². The summed E-state index contributed by atoms with van der Waals surface area (Å²) in [5.74, 6) is -2.24. The second-order valence-electron chi connectivity index (χ2n) is 7.14. The van der Waals surface area contributed by atoms with Gasteiger partial charge in [0.05, 0.1) is 18.2 Å². The van der Waals surface area contributed by atoms with E-state index in [4.69, 9.17) is 4.74 Å². The van der Waals surface area contributed by atoms with Gasteiger partial charge < -0.3 is 14.6 Å². The van der Waals surface area contributed by atoms with Crippen LogP contribution in [0.3, 0.4) is 0 Å². The Morgan fingerprint density at radius 3 is 1.50 bits per heavy atom. The Morgan fingerprint density at radius 2 is 1.12 bits per heavy atom. The van der Waals surface area contributed by atoms with Gasteiger partial charge in [0.2, 0.25) is 5.60 Å². The number of alkyl halides is 6. The topological polar surface area (TPSA) is 72.8 Å². The number of carbonyl (C=O) groups is 2. The van der Waals surface area contributed by atoms with E-state index in [9.17, 15) is 41.0 Å². The average molecular weight is 464 g/mol. The first-order chi connectivity index (χ1) is 14.5. The number of ether oxygens (including phenoxy) is 2. The number of hydrogen-bond acceptors (Lipinski definition) is 5. The number of benzene rings is 2. The van der Waals surface area contributed by atoms with Gasteiger partial charge in [-0.3, -0.25) is 0 Å². The van der Waals surface area contributed by atoms with Gasteiger partial charge in [-0.25, -0.2) is 9.59 Å². The summed E-state index contributed by atoms with van der Waals surface area (Å²) in [5, 5.41) is 9.65. The van der Waals surface area contributed by atoms with Crippen LogP contribution >= 0.6 is 0 Å². The number of esters is 2. The third-order valence-electron chi connectivity index (χ3n) is 4.93. The van der Waals surface area contributed by atoms with Crippen LogP contribution in [0.25, 0.3) is 0 Å². The van der Waals surface area contributed by atoms with Crippen molar-refractivity contribution < 1.29 is 50.5 Å². The molecule has 0 aliphatic carbocycles. The fourth-order valence-corrected chi connectivity index (χ4v) is 2.66. The summed E-state index contributed by atoms with van der Waals surface area (Å²) >= 11 is 0. The predicted molar refractivity (Wildman–Crippen MR) is 98.7 cm³/mol. The first-order valence-electron chi connectivity index (χ1n) is 8.93. The van der Waals surface area contributed by atoms with Crippen molar-refractivity contribution in [3.05, 3.63) is 70.8 Å². The van der Waals surface area contributed by atoms with Crippen LogP contribution in [0.4, 0.5) is 26.3 Å². The summed E-state index contributed by atoms with van der Waals surface area (Å²) in [5.41, 5.74) is -7.96. The van der Waals surface area contributed by atoms with Crippen molar-refractivity contribution in [1.82, 2.24) is 0 Å². The number of methoxy groups -OCH3 is 1. The van der Waals surface area contributed by atoms with Crippen LogP contribution in [0.5, 0.6) is 0 Å². The first kappa shape index (κ1) is 25.2. The van der Waals surface area contributed by atoms with Crippen LogP contribution in [-0.2, 0) is 20.7 Å². The van der Waals surface area contributed by atoms with Crippen molar-refractivity contribution in [2.45, 2.75) is 37.4 Å². The summed E-state index contributed by atoms with van der Waals surface area (Å²) in [4.78, 5) is 23.9. The van der Waals surface area contributed by atoms with Gasteiger partial charge in [0.15, 0.2) is 5.60 Å². The average Bonchev–Trinajstić information content (AvgIpc) is 2.71. The SMILES string of the molecule is COC(=O)c1ccc(C(C)(OC(=O)c2ccc(C(C)(O)C(F)(F)F)cc2)C(F)(F)F)cc1. The highest BCUT2D eigenvalue weighted by Gasteiger charge is 2.56. The summed E-state index contributed by atoms with van der Waals surface area (Å²) in [6.45, 7) is 1.10. The normalized spacial score (nSPS) is 15.9. The van der Waals surface area contributed by atoms with Gasteiger partial charge >= 0.3 is 24.3 Å². The molecule has 2 aromatic carbocycles. The molecule has 0 aliphatic rings. The minimum atomic E-state index is -5.07. The van der Waals surface area contributed by atoms with Crippen molar-refractivity contribution in [2.24, 2.45) is 0 Å². The monoisotopic (exact) mass is 464 g/mol. The van der Waals surface area contributed by atoms with Gasteiger partial charge in [0.25, 0.3) is 0 Å². The zero-order chi connectivity index (χ0) is 24.5. The lowest BCUT2D eigenvalue weighted by atomic mass is 9.93. The molecule has 1 N–H and O–H groups in total. The minimum absolute atomic E-state index is 0.0283. The van der Waals surface area contributed by atoms with Crippen molar-refractivity contribution in [3.63, 3.8) is 0 Å². The molecule has 11 heteroatoms. The molecule has 0 saturated carbocycles. The van der Waals surface area contributed by atoms with Crippen LogP contribution in [0.1, 0.15) is 45.7 Å². The lowest BCUT2D eigenvalue weighted by Gasteiger charge is -2.32. The molecule has 0 spiro atoms. The van der Waals surface area contributed by atoms with E-state index in [0.29, 0.717) is 13.8 Å². The van der Waals surface area contributed by atoms with Crippen molar-refractivity contribution >= 4 is 11.9 Å². The van der Waals surface area contributed by atoms with Crippen molar-refractivity contribution in [2.75, 3.05) is 7.11 Å². The smallest absolute Gasteiger partial charge is 0.432 e. The largest absolute Gasteiger partial charge is 0.465 e. The molecule has 32 heavy (non-hydrogen) atoms. The molecule has 0 saturated heterocycles. The Labute approximate surface area is 178 Å². The highest BCUT2D eigenvalue weighted by atomic mass is 19.4. The lowest BCUT2D eigenvalue weighted by Crippen LogP contribution is -2.43. The number of carbonyl (C=O) groups excluding carboxylic acids is 2. The number of hydrogen-bond donors (Lipinski definition) is 1. The van der Waals surface area contributed by atoms with Gasteiger partial charge in [-0.05, 0) is 43.7 Å². The van der Waals surface area contributed by atoms with Gasteiger partial charge in [-0.15, -0.1) is 0 Å². The molecule has 0 radical (unpaired) electrons. The molecule has 5 nitrogen and oxygen atoms in total. The molecule has 0 fully saturated rings. The van der Waals surface area contributed by atoms with E-state index in [1.165, 1.54) is 0 Å². The van der Waals surface area contributed by atoms with Gasteiger partial charge in [0, 0.05) is 5.56 Å². The molecule has 174 valence electrons. The molecule has 2 atom stereocenters. The maximum atomic E-state index is 13.8. The Bertz CT molecular complexity index is 978. The molecule has 0 aromatic heterocycles. The van der Waals surface area contributed by atoms with E-state index in [2.05, 4.69) is 4.74 Å². The molecule has 2 rings (SSSR count). The van der Waals surface area contributed by atoms with Gasteiger partial charge in [-0.1, -0.05) is 24.3 Å². The summed E-state index contributed by atoms with van der Waals surface area (Å²) in [6, 6.07) is 7.16. The molecule has 2 unspecified atom stereocenters. The Kier molecular flexibility index (Phi) is 6.65. The van der Waals surface area contributed by atoms with Crippen LogP contribution in [0.15, 0.2) is 48.5 Å². The Morgan fingerprint density at radius 1 is 0.719 bits per heavy atom. The number of aliphatic hydroxyl groups is 1. The van der Waals surface area contributed by atoms with E-state index >= 15 is 0 Å². The quantitative estimate of drug-likeness (QED) is 0.505. The maximum Gasteiger partial charge on any atom is 0.432 e. The molecule has 0 bridgehead atoms. The third-order valence-corrected chi connectivity index (χ3v) is 4.93. The van der Waals surface area contributed by atoms with E-state index < -0.39 is 52.2 Å². The summed E-state index contributed by atoms with van der Waals surface area (Å²) in [7, 11) is 1.09. The highest BCUT2D eigenvalue weighted by molar-refractivity contribution is 5.90. The van der Waals surface area contributed by atoms with Gasteiger partial charge in [-0.2, -0.15) is 26.3 Å². The fraction of sp³-hybridized carbons (Fsp3) is 0.333. The standard InChI is InChI=1S/C21H18F6O5/c1-18(30,20(22,23)24)14-8-4-13(5-9-14)17(29)32-19(2,21(25,26)27)15-10-6-12(7-11-15)16(28)31-3/h4-11,30H,1-3H3. The van der Waals surface area contributed by atoms with E-state index in [0.717, 1.165) is 55.6 Å². The fourth-order valence-electron chi connectivity index (χ4n) is 2.66. The molecular weight excluding hydrogens is 446 g/mol. The molecule has 0 amide bonds. The lowest BCUT2D eigenvalue weighted by molar-refractivity contribution is -0.259. The highest BCUT2D eigenvalue weighted by Crippen LogP contribution is 2.43. The van der Waals surface area contributed by atoms with Gasteiger partial charge in [0.1, 0.15) is 0 Å². The molecule has 0 heterocycles. The zero-order valence-corrected chi connectivity index (χ0v) is 17.0. The van der Waals surface area contributed by atoms with Crippen LogP contribution < -0.4 is 0 Å². The van der Waals surface area contributed by atoms with Crippen LogP contribution in [-0.4, -0.2) is 36.5 Å². The predicted octanol–water partition coefficient (Wildman–Crippen LogP) is 4.88. The van der Waals surface area contributed by atoms with E-state index in [1.54, 1.807) is 0 Å². The molecule has 2 aromatic rings. The van der Waals surface area contributed by atoms with Crippen molar-refractivity contribution in [1.29, 1.82) is 0 Å². The van der Waals surface area contributed by atoms with Crippen molar-refractivity contribution in [3.8, 4) is 0 Å². The first-order valence-corrected chi connectivity index (χ1v) is 8.93. The zero-order valence-electron chi connectivity index (χ0n) is 17.0. The molecule has 0 aliphatic heterocycles. The number of halogens is 6. The number of rotatable bonds is 5. The summed E-state index contributed by atoms with van der Waals surface area (Å²) < 4.78 is 89.4. The van der Waals surface area contributed by atoms with E-state index in [-0.39, 0.29) is 5.56 Å². The summed E-state index contributed by atoms with van der Waals surface area (Å²) in [6.07, 6.45) is -10.1. The van der Waals surface area contributed by atoms with Crippen LogP contribution in [0, 0.1) is 0 Å². The maximum absolute atomic E-state index is 13.8. The Hall–Kier alpha value is -3.08. The minimum Gasteiger partial charge on any atom is -0.465 e.